The zero-order valence-electron chi connectivity index (χ0n) is 15.3. The van der Waals surface area contributed by atoms with Crippen LogP contribution in [0, 0.1) is 0 Å². The molecule has 144 valence electrons. The minimum atomic E-state index is -0.844. The van der Waals surface area contributed by atoms with Crippen LogP contribution in [0.4, 0.5) is 4.79 Å². The summed E-state index contributed by atoms with van der Waals surface area (Å²) in [6, 6.07) is 2.70. The fourth-order valence-electron chi connectivity index (χ4n) is 2.20. The third kappa shape index (κ3) is 7.95. The number of pyridine rings is 1. The number of aromatic nitrogens is 1. The molecule has 0 aliphatic heterocycles. The lowest BCUT2D eigenvalue weighted by Crippen LogP contribution is -2.38. The number of imide groups is 1. The molecular formula is C18H25BrN2O5. The fraction of sp³-hybridized carbons (Fsp3) is 0.556. The van der Waals surface area contributed by atoms with Crippen LogP contribution in [0.3, 0.4) is 0 Å². The van der Waals surface area contributed by atoms with Gasteiger partial charge >= 0.3 is 12.1 Å². The number of carbonyl (C=O) groups excluding carboxylic acids is 3. The Morgan fingerprint density at radius 3 is 2.62 bits per heavy atom. The molecule has 1 rings (SSSR count). The predicted molar refractivity (Wildman–Crippen MR) is 100 cm³/mol. The number of rotatable bonds is 9. The first-order valence-electron chi connectivity index (χ1n) is 8.52. The number of unbranched alkanes of at least 4 members (excludes halogenated alkanes) is 2. The molecule has 8 heteroatoms. The molecule has 0 aliphatic rings. The van der Waals surface area contributed by atoms with Gasteiger partial charge in [0.1, 0.15) is 11.3 Å². The van der Waals surface area contributed by atoms with E-state index >= 15 is 0 Å². The minimum Gasteiger partial charge on any atom is -0.462 e. The monoisotopic (exact) mass is 428 g/mol. The van der Waals surface area contributed by atoms with Crippen LogP contribution in [0.25, 0.3) is 0 Å². The van der Waals surface area contributed by atoms with Gasteiger partial charge in [-0.05, 0) is 52.2 Å². The molecule has 1 N–H and O–H groups in total. The van der Waals surface area contributed by atoms with Crippen molar-refractivity contribution in [1.82, 2.24) is 10.3 Å². The van der Waals surface area contributed by atoms with Gasteiger partial charge < -0.3 is 9.47 Å². The van der Waals surface area contributed by atoms with Gasteiger partial charge in [-0.25, -0.2) is 9.59 Å². The molecule has 0 aliphatic carbocycles. The first-order chi connectivity index (χ1) is 12.3. The van der Waals surface area contributed by atoms with E-state index in [9.17, 15) is 14.4 Å². The summed E-state index contributed by atoms with van der Waals surface area (Å²) >= 11 is 3.37. The Bertz CT molecular complexity index is 634. The Morgan fingerprint density at radius 2 is 1.96 bits per heavy atom. The summed E-state index contributed by atoms with van der Waals surface area (Å²) in [5.74, 6) is -1.30. The van der Waals surface area contributed by atoms with Crippen molar-refractivity contribution in [3.63, 3.8) is 0 Å². The lowest BCUT2D eigenvalue weighted by molar-refractivity contribution is 0.0307. The van der Waals surface area contributed by atoms with E-state index < -0.39 is 23.6 Å². The number of hydrogen-bond donors (Lipinski definition) is 1. The molecule has 0 aromatic carbocycles. The van der Waals surface area contributed by atoms with Crippen LogP contribution in [-0.4, -0.2) is 40.5 Å². The standard InChI is InChI=1S/C18H25BrN2O5/c1-4-25-16(23)13-8-11-20-14(12-13)15(22)21-17(24)26-18(2,3)9-6-5-7-10-19/h8,11-12H,4-7,9-10H2,1-3H3,(H,21,22,24). The van der Waals surface area contributed by atoms with Gasteiger partial charge in [0.2, 0.25) is 0 Å². The second-order valence-electron chi connectivity index (χ2n) is 6.25. The number of alkyl carbamates (subject to hydrolysis) is 1. The van der Waals surface area contributed by atoms with E-state index in [1.165, 1.54) is 18.3 Å². The lowest BCUT2D eigenvalue weighted by Gasteiger charge is -2.24. The van der Waals surface area contributed by atoms with Crippen molar-refractivity contribution in [2.45, 2.75) is 52.1 Å². The van der Waals surface area contributed by atoms with Crippen molar-refractivity contribution in [2.24, 2.45) is 0 Å². The van der Waals surface area contributed by atoms with E-state index in [-0.39, 0.29) is 17.9 Å². The Labute approximate surface area is 162 Å². The smallest absolute Gasteiger partial charge is 0.414 e. The predicted octanol–water partition coefficient (Wildman–Crippen LogP) is 3.86. The zero-order valence-corrected chi connectivity index (χ0v) is 16.9. The summed E-state index contributed by atoms with van der Waals surface area (Å²) in [6.07, 6.45) is 4.16. The van der Waals surface area contributed by atoms with Crippen molar-refractivity contribution >= 4 is 33.9 Å². The van der Waals surface area contributed by atoms with Crippen molar-refractivity contribution in [2.75, 3.05) is 11.9 Å². The van der Waals surface area contributed by atoms with Crippen LogP contribution in [0.1, 0.15) is 67.3 Å². The highest BCUT2D eigenvalue weighted by molar-refractivity contribution is 9.09. The third-order valence-corrected chi connectivity index (χ3v) is 4.06. The molecule has 26 heavy (non-hydrogen) atoms. The lowest BCUT2D eigenvalue weighted by atomic mass is 10.0. The summed E-state index contributed by atoms with van der Waals surface area (Å²) in [7, 11) is 0. The Kier molecular flexibility index (Phi) is 9.26. The molecule has 2 amide bonds. The van der Waals surface area contributed by atoms with E-state index in [0.29, 0.717) is 6.42 Å². The van der Waals surface area contributed by atoms with Gasteiger partial charge in [0.25, 0.3) is 5.91 Å². The largest absolute Gasteiger partial charge is 0.462 e. The van der Waals surface area contributed by atoms with Crippen LogP contribution in [0.2, 0.25) is 0 Å². The normalized spacial score (nSPS) is 10.9. The summed E-state index contributed by atoms with van der Waals surface area (Å²) in [6.45, 7) is 5.50. The van der Waals surface area contributed by atoms with E-state index in [4.69, 9.17) is 9.47 Å². The van der Waals surface area contributed by atoms with Gasteiger partial charge in [-0.2, -0.15) is 0 Å². The number of alkyl halides is 1. The van der Waals surface area contributed by atoms with Crippen molar-refractivity contribution in [3.8, 4) is 0 Å². The van der Waals surface area contributed by atoms with Crippen LogP contribution >= 0.6 is 15.9 Å². The molecule has 0 saturated heterocycles. The molecule has 0 spiro atoms. The van der Waals surface area contributed by atoms with Crippen LogP contribution in [0.5, 0.6) is 0 Å². The zero-order chi connectivity index (χ0) is 19.6. The molecular weight excluding hydrogens is 404 g/mol. The van der Waals surface area contributed by atoms with Gasteiger partial charge in [-0.1, -0.05) is 22.4 Å². The fourth-order valence-corrected chi connectivity index (χ4v) is 2.60. The Morgan fingerprint density at radius 1 is 1.23 bits per heavy atom. The highest BCUT2D eigenvalue weighted by atomic mass is 79.9. The average molecular weight is 429 g/mol. The topological polar surface area (TPSA) is 94.6 Å². The maximum absolute atomic E-state index is 12.1. The highest BCUT2D eigenvalue weighted by Crippen LogP contribution is 2.19. The first kappa shape index (κ1) is 22.1. The molecule has 1 aromatic rings. The number of esters is 1. The quantitative estimate of drug-likeness (QED) is 0.364. The van der Waals surface area contributed by atoms with Gasteiger partial charge in [0, 0.05) is 11.5 Å². The molecule has 7 nitrogen and oxygen atoms in total. The van der Waals surface area contributed by atoms with E-state index in [1.54, 1.807) is 20.8 Å². The summed E-state index contributed by atoms with van der Waals surface area (Å²) in [4.78, 5) is 39.7. The maximum atomic E-state index is 12.1. The average Bonchev–Trinajstić information content (AvgIpc) is 2.58. The molecule has 1 heterocycles. The summed E-state index contributed by atoms with van der Waals surface area (Å²) < 4.78 is 10.2. The Hall–Kier alpha value is -1.96. The second kappa shape index (κ2) is 10.9. The number of ether oxygens (including phenoxy) is 2. The van der Waals surface area contributed by atoms with Gasteiger partial charge in [0.15, 0.2) is 0 Å². The molecule has 0 unspecified atom stereocenters. The van der Waals surface area contributed by atoms with Crippen molar-refractivity contribution in [3.05, 3.63) is 29.6 Å². The molecule has 0 atom stereocenters. The van der Waals surface area contributed by atoms with Crippen LogP contribution in [0.15, 0.2) is 18.3 Å². The summed E-state index contributed by atoms with van der Waals surface area (Å²) in [5.41, 5.74) is -0.563. The molecule has 1 aromatic heterocycles. The third-order valence-electron chi connectivity index (χ3n) is 3.50. The number of halogens is 1. The number of nitrogens with one attached hydrogen (secondary N) is 1. The minimum absolute atomic E-state index is 0.0670. The maximum Gasteiger partial charge on any atom is 0.414 e. The molecule has 0 bridgehead atoms. The number of nitrogens with zero attached hydrogens (tertiary/aromatic N) is 1. The number of hydrogen-bond acceptors (Lipinski definition) is 6. The van der Waals surface area contributed by atoms with E-state index in [1.807, 2.05) is 0 Å². The SMILES string of the molecule is CCOC(=O)c1ccnc(C(=O)NC(=O)OC(C)(C)CCCCCBr)c1. The van der Waals surface area contributed by atoms with Crippen LogP contribution < -0.4 is 5.32 Å². The van der Waals surface area contributed by atoms with Gasteiger partial charge in [0.05, 0.1) is 12.2 Å². The van der Waals surface area contributed by atoms with Crippen LogP contribution in [-0.2, 0) is 9.47 Å². The summed E-state index contributed by atoms with van der Waals surface area (Å²) in [5, 5.41) is 3.08. The second-order valence-corrected chi connectivity index (χ2v) is 7.05. The van der Waals surface area contributed by atoms with E-state index in [0.717, 1.165) is 24.6 Å². The van der Waals surface area contributed by atoms with E-state index in [2.05, 4.69) is 26.2 Å². The number of carbonyl (C=O) groups is 3. The molecule has 0 saturated carbocycles. The first-order valence-corrected chi connectivity index (χ1v) is 9.64. The molecule has 0 radical (unpaired) electrons. The van der Waals surface area contributed by atoms with Crippen molar-refractivity contribution < 1.29 is 23.9 Å². The molecule has 0 fully saturated rings. The highest BCUT2D eigenvalue weighted by Gasteiger charge is 2.24. The van der Waals surface area contributed by atoms with Gasteiger partial charge in [-0.15, -0.1) is 0 Å². The Balaban J connectivity index is 2.60. The van der Waals surface area contributed by atoms with Gasteiger partial charge in [-0.3, -0.25) is 15.1 Å². The number of amides is 2. The van der Waals surface area contributed by atoms with Crippen molar-refractivity contribution in [1.29, 1.82) is 0 Å².